The molecule has 25 heavy (non-hydrogen) atoms. The minimum atomic E-state index is -1.39. The molecule has 1 aromatic heterocycles. The Morgan fingerprint density at radius 1 is 1.08 bits per heavy atom. The molecule has 132 valence electrons. The van der Waals surface area contributed by atoms with Crippen LogP contribution in [0, 0.1) is 0 Å². The van der Waals surface area contributed by atoms with Crippen molar-refractivity contribution in [1.82, 2.24) is 9.97 Å². The first-order valence-electron chi connectivity index (χ1n) is 7.64. The van der Waals surface area contributed by atoms with Gasteiger partial charge in [0.2, 0.25) is 11.8 Å². The van der Waals surface area contributed by atoms with Crippen molar-refractivity contribution in [2.75, 3.05) is 13.2 Å². The number of nitrogens with zero attached hydrogens (tertiary/aromatic N) is 2. The Balaban J connectivity index is 2.40. The molecule has 0 aliphatic carbocycles. The van der Waals surface area contributed by atoms with Crippen LogP contribution >= 0.6 is 11.6 Å². The van der Waals surface area contributed by atoms with E-state index in [2.05, 4.69) is 9.97 Å². The molecule has 0 aliphatic heterocycles. The highest BCUT2D eigenvalue weighted by Crippen LogP contribution is 2.29. The summed E-state index contributed by atoms with van der Waals surface area (Å²) in [5.74, 6) is -2.56. The van der Waals surface area contributed by atoms with E-state index in [4.69, 9.17) is 25.8 Å². The molecule has 0 saturated heterocycles. The standard InChI is InChI=1S/C17H17ClN2O5/c1-3-23-16(21)13(17(22)24-4-2)14-15(20-9-8-19-14)25-12-7-5-6-11(18)10-12/h5-10,13H,3-4H2,1-2H3. The van der Waals surface area contributed by atoms with Crippen molar-refractivity contribution in [3.8, 4) is 11.6 Å². The maximum atomic E-state index is 12.3. The van der Waals surface area contributed by atoms with Gasteiger partial charge in [-0.3, -0.25) is 14.6 Å². The van der Waals surface area contributed by atoms with Gasteiger partial charge in [0, 0.05) is 17.4 Å². The van der Waals surface area contributed by atoms with Gasteiger partial charge < -0.3 is 14.2 Å². The van der Waals surface area contributed by atoms with Crippen LogP contribution in [0.5, 0.6) is 11.6 Å². The fourth-order valence-corrected chi connectivity index (χ4v) is 2.21. The smallest absolute Gasteiger partial charge is 0.326 e. The maximum absolute atomic E-state index is 12.3. The van der Waals surface area contributed by atoms with E-state index >= 15 is 0 Å². The summed E-state index contributed by atoms with van der Waals surface area (Å²) in [6.07, 6.45) is 2.74. The van der Waals surface area contributed by atoms with Crippen molar-refractivity contribution >= 4 is 23.5 Å². The summed E-state index contributed by atoms with van der Waals surface area (Å²) in [6, 6.07) is 6.62. The molecule has 0 spiro atoms. The van der Waals surface area contributed by atoms with Crippen LogP contribution in [0.4, 0.5) is 0 Å². The lowest BCUT2D eigenvalue weighted by Gasteiger charge is -2.16. The molecule has 0 atom stereocenters. The van der Waals surface area contributed by atoms with Crippen LogP contribution in [0.1, 0.15) is 25.5 Å². The molecule has 1 heterocycles. The predicted molar refractivity (Wildman–Crippen MR) is 89.6 cm³/mol. The number of aromatic nitrogens is 2. The summed E-state index contributed by atoms with van der Waals surface area (Å²) in [7, 11) is 0. The van der Waals surface area contributed by atoms with Gasteiger partial charge in [0.1, 0.15) is 11.4 Å². The Hall–Kier alpha value is -2.67. The average Bonchev–Trinajstić information content (AvgIpc) is 2.57. The molecule has 0 unspecified atom stereocenters. The first kappa shape index (κ1) is 18.7. The van der Waals surface area contributed by atoms with Crippen molar-refractivity contribution in [3.63, 3.8) is 0 Å². The molecule has 2 rings (SSSR count). The Kier molecular flexibility index (Phi) is 6.71. The Morgan fingerprint density at radius 2 is 1.72 bits per heavy atom. The van der Waals surface area contributed by atoms with Gasteiger partial charge in [-0.1, -0.05) is 17.7 Å². The van der Waals surface area contributed by atoms with Gasteiger partial charge in [0.15, 0.2) is 0 Å². The molecular weight excluding hydrogens is 348 g/mol. The highest BCUT2D eigenvalue weighted by Gasteiger charge is 2.36. The number of benzene rings is 1. The molecule has 0 bridgehead atoms. The van der Waals surface area contributed by atoms with Crippen molar-refractivity contribution < 1.29 is 23.8 Å². The third kappa shape index (κ3) is 4.90. The highest BCUT2D eigenvalue weighted by molar-refractivity contribution is 6.30. The summed E-state index contributed by atoms with van der Waals surface area (Å²) in [4.78, 5) is 32.7. The van der Waals surface area contributed by atoms with Gasteiger partial charge in [-0.25, -0.2) is 4.98 Å². The number of rotatable bonds is 7. The molecule has 0 fully saturated rings. The largest absolute Gasteiger partial charge is 0.465 e. The normalized spacial score (nSPS) is 10.4. The van der Waals surface area contributed by atoms with Crippen molar-refractivity contribution in [2.24, 2.45) is 0 Å². The second kappa shape index (κ2) is 8.98. The summed E-state index contributed by atoms with van der Waals surface area (Å²) in [5.41, 5.74) is 0.0133. The van der Waals surface area contributed by atoms with Crippen LogP contribution in [-0.4, -0.2) is 35.1 Å². The number of esters is 2. The topological polar surface area (TPSA) is 87.6 Å². The Labute approximate surface area is 149 Å². The summed E-state index contributed by atoms with van der Waals surface area (Å²) >= 11 is 5.93. The fourth-order valence-electron chi connectivity index (χ4n) is 2.03. The number of halogens is 1. The molecule has 8 heteroatoms. The number of carbonyl (C=O) groups is 2. The second-order valence-corrected chi connectivity index (χ2v) is 5.18. The average molecular weight is 365 g/mol. The van der Waals surface area contributed by atoms with Gasteiger partial charge in [-0.05, 0) is 32.0 Å². The minimum absolute atomic E-state index is 0.00382. The van der Waals surface area contributed by atoms with Crippen molar-refractivity contribution in [3.05, 3.63) is 47.4 Å². The SMILES string of the molecule is CCOC(=O)C(C(=O)OCC)c1nccnc1Oc1cccc(Cl)c1. The molecule has 0 saturated carbocycles. The van der Waals surface area contributed by atoms with Crippen LogP contribution < -0.4 is 4.74 Å². The first-order valence-corrected chi connectivity index (χ1v) is 8.02. The van der Waals surface area contributed by atoms with Crippen LogP contribution in [0.3, 0.4) is 0 Å². The van der Waals surface area contributed by atoms with E-state index in [-0.39, 0.29) is 24.8 Å². The zero-order valence-electron chi connectivity index (χ0n) is 13.8. The van der Waals surface area contributed by atoms with E-state index in [0.29, 0.717) is 10.8 Å². The molecule has 0 amide bonds. The molecule has 7 nitrogen and oxygen atoms in total. The number of ether oxygens (including phenoxy) is 3. The monoisotopic (exact) mass is 364 g/mol. The van der Waals surface area contributed by atoms with Crippen molar-refractivity contribution in [2.45, 2.75) is 19.8 Å². The first-order chi connectivity index (χ1) is 12.1. The van der Waals surface area contributed by atoms with Crippen LogP contribution in [0.2, 0.25) is 5.02 Å². The molecular formula is C17H17ClN2O5. The summed E-state index contributed by atoms with van der Waals surface area (Å²) in [6.45, 7) is 3.50. The molecule has 0 radical (unpaired) electrons. The molecule has 2 aromatic rings. The number of hydrogen-bond acceptors (Lipinski definition) is 7. The van der Waals surface area contributed by atoms with Crippen LogP contribution in [-0.2, 0) is 19.1 Å². The van der Waals surface area contributed by atoms with Gasteiger partial charge in [-0.15, -0.1) is 0 Å². The van der Waals surface area contributed by atoms with Crippen LogP contribution in [0.15, 0.2) is 36.7 Å². The van der Waals surface area contributed by atoms with E-state index in [1.807, 2.05) is 0 Å². The maximum Gasteiger partial charge on any atom is 0.326 e. The van der Waals surface area contributed by atoms with E-state index < -0.39 is 17.9 Å². The van der Waals surface area contributed by atoms with Gasteiger partial charge in [0.05, 0.1) is 13.2 Å². The third-order valence-corrected chi connectivity index (χ3v) is 3.25. The lowest BCUT2D eigenvalue weighted by atomic mass is 10.1. The van der Waals surface area contributed by atoms with Gasteiger partial charge in [-0.2, -0.15) is 0 Å². The quantitative estimate of drug-likeness (QED) is 0.550. The van der Waals surface area contributed by atoms with E-state index in [9.17, 15) is 9.59 Å². The Morgan fingerprint density at radius 3 is 2.32 bits per heavy atom. The minimum Gasteiger partial charge on any atom is -0.465 e. The van der Waals surface area contributed by atoms with E-state index in [1.165, 1.54) is 12.4 Å². The summed E-state index contributed by atoms with van der Waals surface area (Å²) in [5, 5.41) is 0.468. The van der Waals surface area contributed by atoms with Crippen molar-refractivity contribution in [1.29, 1.82) is 0 Å². The summed E-state index contributed by atoms with van der Waals surface area (Å²) < 4.78 is 15.6. The third-order valence-electron chi connectivity index (χ3n) is 3.02. The molecule has 0 N–H and O–H groups in total. The fraction of sp³-hybridized carbons (Fsp3) is 0.294. The predicted octanol–water partition coefficient (Wildman–Crippen LogP) is 3.13. The lowest BCUT2D eigenvalue weighted by Crippen LogP contribution is -2.27. The second-order valence-electron chi connectivity index (χ2n) is 4.74. The highest BCUT2D eigenvalue weighted by atomic mass is 35.5. The van der Waals surface area contributed by atoms with Gasteiger partial charge in [0.25, 0.3) is 0 Å². The zero-order valence-corrected chi connectivity index (χ0v) is 14.5. The van der Waals surface area contributed by atoms with E-state index in [0.717, 1.165) is 0 Å². The van der Waals surface area contributed by atoms with Crippen LogP contribution in [0.25, 0.3) is 0 Å². The molecule has 1 aromatic carbocycles. The van der Waals surface area contributed by atoms with E-state index in [1.54, 1.807) is 38.1 Å². The number of hydrogen-bond donors (Lipinski definition) is 0. The molecule has 0 aliphatic rings. The van der Waals surface area contributed by atoms with Gasteiger partial charge >= 0.3 is 11.9 Å². The Bertz CT molecular complexity index is 735. The zero-order chi connectivity index (χ0) is 18.2. The number of carbonyl (C=O) groups excluding carboxylic acids is 2. The lowest BCUT2D eigenvalue weighted by molar-refractivity contribution is -0.157.